The number of aryl methyl sites for hydroxylation is 1. The molecule has 5 heteroatoms. The Labute approximate surface area is 137 Å². The van der Waals surface area contributed by atoms with E-state index in [9.17, 15) is 4.79 Å². The number of hydrogen-bond acceptors (Lipinski definition) is 3. The van der Waals surface area contributed by atoms with Crippen LogP contribution >= 0.6 is 0 Å². The molecular weight excluding hydrogens is 288 g/mol. The van der Waals surface area contributed by atoms with E-state index in [1.54, 1.807) is 6.19 Å². The predicted molar refractivity (Wildman–Crippen MR) is 92.3 cm³/mol. The van der Waals surface area contributed by atoms with Crippen molar-refractivity contribution in [3.05, 3.63) is 29.3 Å². The number of benzene rings is 1. The number of nitrogens with zero attached hydrogens (tertiary/aromatic N) is 3. The Bertz CT molecular complexity index is 679. The lowest BCUT2D eigenvalue weighted by atomic mass is 9.86. The van der Waals surface area contributed by atoms with Crippen molar-refractivity contribution >= 4 is 17.4 Å². The number of carbonyl (C=O) groups excluding carboxylic acids is 1. The summed E-state index contributed by atoms with van der Waals surface area (Å²) in [4.78, 5) is 17.6. The van der Waals surface area contributed by atoms with Crippen LogP contribution in [0.3, 0.4) is 0 Å². The fourth-order valence-electron chi connectivity index (χ4n) is 2.83. The molecule has 0 saturated carbocycles. The van der Waals surface area contributed by atoms with E-state index < -0.39 is 0 Å². The van der Waals surface area contributed by atoms with E-state index in [1.807, 2.05) is 23.1 Å². The minimum absolute atomic E-state index is 0.0388. The molecule has 0 fully saturated rings. The Morgan fingerprint density at radius 2 is 2.09 bits per heavy atom. The van der Waals surface area contributed by atoms with E-state index in [4.69, 9.17) is 11.0 Å². The molecule has 2 N–H and O–H groups in total. The molecule has 0 heterocycles. The van der Waals surface area contributed by atoms with Gasteiger partial charge in [-0.05, 0) is 48.9 Å². The number of nitriles is 1. The highest BCUT2D eigenvalue weighted by atomic mass is 16.1. The summed E-state index contributed by atoms with van der Waals surface area (Å²) in [5.74, 6) is 0.379. The van der Waals surface area contributed by atoms with Gasteiger partial charge in [-0.1, -0.05) is 20.8 Å². The first-order chi connectivity index (χ1) is 10.8. The topological polar surface area (TPSA) is 82.5 Å². The number of guanidine groups is 1. The van der Waals surface area contributed by atoms with Gasteiger partial charge in [-0.3, -0.25) is 4.79 Å². The number of hydrogen-bond donors (Lipinski definition) is 1. The van der Waals surface area contributed by atoms with Gasteiger partial charge in [-0.15, -0.1) is 4.99 Å². The van der Waals surface area contributed by atoms with Crippen LogP contribution < -0.4 is 10.6 Å². The van der Waals surface area contributed by atoms with E-state index >= 15 is 0 Å². The van der Waals surface area contributed by atoms with Crippen LogP contribution in [0.25, 0.3) is 0 Å². The molecule has 122 valence electrons. The van der Waals surface area contributed by atoms with Crippen LogP contribution in [0.15, 0.2) is 23.2 Å². The molecule has 5 nitrogen and oxygen atoms in total. The molecule has 0 bridgehead atoms. The highest BCUT2D eigenvalue weighted by molar-refractivity contribution is 6.00. The van der Waals surface area contributed by atoms with Crippen LogP contribution in [-0.2, 0) is 6.42 Å². The standard InChI is InChI=1S/C18H24N4O/c1-12(18(2,3)4)22(17(20)21-11-19)14-8-9-15-13(10-14)6-5-7-16(15)23/h8-10,12H,5-7H2,1-4H3,(H2,20,21). The van der Waals surface area contributed by atoms with E-state index in [2.05, 4.69) is 32.7 Å². The summed E-state index contributed by atoms with van der Waals surface area (Å²) in [6, 6.07) is 5.81. The van der Waals surface area contributed by atoms with Gasteiger partial charge < -0.3 is 10.6 Å². The van der Waals surface area contributed by atoms with Crippen molar-refractivity contribution in [3.63, 3.8) is 0 Å². The molecule has 0 radical (unpaired) electrons. The fourth-order valence-corrected chi connectivity index (χ4v) is 2.83. The minimum Gasteiger partial charge on any atom is -0.369 e. The monoisotopic (exact) mass is 312 g/mol. The summed E-state index contributed by atoms with van der Waals surface area (Å²) in [6.07, 6.45) is 4.15. The molecule has 1 aliphatic rings. The van der Waals surface area contributed by atoms with Crippen molar-refractivity contribution < 1.29 is 4.79 Å². The molecule has 0 spiro atoms. The Morgan fingerprint density at radius 3 is 2.70 bits per heavy atom. The number of rotatable bonds is 2. The number of anilines is 1. The van der Waals surface area contributed by atoms with Gasteiger partial charge in [0, 0.05) is 23.7 Å². The Balaban J connectivity index is 2.50. The number of ketones is 1. The molecule has 0 amide bonds. The van der Waals surface area contributed by atoms with Gasteiger partial charge >= 0.3 is 0 Å². The molecule has 0 saturated heterocycles. The molecule has 1 aliphatic carbocycles. The van der Waals surface area contributed by atoms with E-state index in [-0.39, 0.29) is 23.2 Å². The Hall–Kier alpha value is -2.35. The van der Waals surface area contributed by atoms with Crippen LogP contribution in [0.4, 0.5) is 5.69 Å². The van der Waals surface area contributed by atoms with Crippen LogP contribution in [0.5, 0.6) is 0 Å². The van der Waals surface area contributed by atoms with Gasteiger partial charge in [0.15, 0.2) is 5.78 Å². The molecule has 23 heavy (non-hydrogen) atoms. The maximum Gasteiger partial charge on any atom is 0.212 e. The first kappa shape index (κ1) is 17.0. The van der Waals surface area contributed by atoms with E-state index in [0.29, 0.717) is 6.42 Å². The van der Waals surface area contributed by atoms with Crippen molar-refractivity contribution in [2.24, 2.45) is 16.1 Å². The lowest BCUT2D eigenvalue weighted by Crippen LogP contribution is -2.49. The summed E-state index contributed by atoms with van der Waals surface area (Å²) in [7, 11) is 0. The van der Waals surface area contributed by atoms with Gasteiger partial charge in [-0.25, -0.2) is 0 Å². The first-order valence-corrected chi connectivity index (χ1v) is 7.93. The highest BCUT2D eigenvalue weighted by Gasteiger charge is 2.30. The van der Waals surface area contributed by atoms with Gasteiger partial charge in [-0.2, -0.15) is 5.26 Å². The zero-order valence-electron chi connectivity index (χ0n) is 14.3. The van der Waals surface area contributed by atoms with Crippen molar-refractivity contribution in [2.45, 2.75) is 53.0 Å². The summed E-state index contributed by atoms with van der Waals surface area (Å²) in [5.41, 5.74) is 8.72. The minimum atomic E-state index is -0.0542. The van der Waals surface area contributed by atoms with Gasteiger partial charge in [0.1, 0.15) is 0 Å². The summed E-state index contributed by atoms with van der Waals surface area (Å²) in [6.45, 7) is 8.41. The molecule has 1 atom stereocenters. The summed E-state index contributed by atoms with van der Waals surface area (Å²) in [5, 5.41) is 8.86. The fraction of sp³-hybridized carbons (Fsp3) is 0.500. The number of Topliss-reactive ketones (excluding diaryl/α,β-unsaturated/α-hetero) is 1. The lowest BCUT2D eigenvalue weighted by Gasteiger charge is -2.38. The third kappa shape index (κ3) is 3.53. The number of aliphatic imine (C=N–C) groups is 1. The van der Waals surface area contributed by atoms with Crippen LogP contribution in [0.1, 0.15) is 56.5 Å². The second-order valence-electron chi connectivity index (χ2n) is 7.10. The molecular formula is C18H24N4O. The average Bonchev–Trinajstić information content (AvgIpc) is 2.47. The first-order valence-electron chi connectivity index (χ1n) is 7.93. The van der Waals surface area contributed by atoms with Crippen molar-refractivity contribution in [3.8, 4) is 6.19 Å². The van der Waals surface area contributed by atoms with E-state index in [1.165, 1.54) is 0 Å². The maximum atomic E-state index is 12.0. The van der Waals surface area contributed by atoms with Crippen LogP contribution in [0.2, 0.25) is 0 Å². The third-order valence-corrected chi connectivity index (χ3v) is 4.57. The van der Waals surface area contributed by atoms with Crippen LogP contribution in [-0.4, -0.2) is 17.8 Å². The third-order valence-electron chi connectivity index (χ3n) is 4.57. The SMILES string of the molecule is CC(N(C(N)=NC#N)c1ccc2c(c1)CCCC2=O)C(C)(C)C. The van der Waals surface area contributed by atoms with E-state index in [0.717, 1.165) is 29.7 Å². The van der Waals surface area contributed by atoms with Gasteiger partial charge in [0.2, 0.25) is 12.2 Å². The zero-order valence-corrected chi connectivity index (χ0v) is 14.3. The van der Waals surface area contributed by atoms with Crippen molar-refractivity contribution in [2.75, 3.05) is 4.90 Å². The lowest BCUT2D eigenvalue weighted by molar-refractivity contribution is 0.0972. The smallest absolute Gasteiger partial charge is 0.212 e. The molecule has 1 aromatic rings. The quantitative estimate of drug-likeness (QED) is 0.516. The zero-order chi connectivity index (χ0) is 17.2. The second kappa shape index (κ2) is 6.41. The normalized spacial score (nSPS) is 16.5. The maximum absolute atomic E-state index is 12.0. The van der Waals surface area contributed by atoms with Gasteiger partial charge in [0.25, 0.3) is 0 Å². The molecule has 1 unspecified atom stereocenters. The second-order valence-corrected chi connectivity index (χ2v) is 7.10. The molecule has 0 aliphatic heterocycles. The van der Waals surface area contributed by atoms with Crippen molar-refractivity contribution in [1.82, 2.24) is 0 Å². The number of nitrogens with two attached hydrogens (primary N) is 1. The average molecular weight is 312 g/mol. The molecule has 2 rings (SSSR count). The summed E-state index contributed by atoms with van der Waals surface area (Å²) < 4.78 is 0. The van der Waals surface area contributed by atoms with Gasteiger partial charge in [0.05, 0.1) is 0 Å². The predicted octanol–water partition coefficient (Wildman–Crippen LogP) is 3.24. The van der Waals surface area contributed by atoms with Crippen molar-refractivity contribution in [1.29, 1.82) is 5.26 Å². The summed E-state index contributed by atoms with van der Waals surface area (Å²) >= 11 is 0. The number of fused-ring (bicyclic) bond motifs is 1. The molecule has 0 aromatic heterocycles. The highest BCUT2D eigenvalue weighted by Crippen LogP contribution is 2.31. The Morgan fingerprint density at radius 1 is 1.39 bits per heavy atom. The Kier molecular flexibility index (Phi) is 4.74. The van der Waals surface area contributed by atoms with Crippen LogP contribution in [0, 0.1) is 16.9 Å². The number of carbonyl (C=O) groups is 1. The largest absolute Gasteiger partial charge is 0.369 e. The molecule has 1 aromatic carbocycles.